The van der Waals surface area contributed by atoms with Crippen LogP contribution < -0.4 is 0 Å². The van der Waals surface area contributed by atoms with E-state index in [2.05, 4.69) is 34.6 Å². The van der Waals surface area contributed by atoms with Crippen molar-refractivity contribution >= 4 is 0 Å². The number of hydrogen-bond donors (Lipinski definition) is 0. The Balaban J connectivity index is 3.94. The van der Waals surface area contributed by atoms with Crippen LogP contribution >= 0.6 is 0 Å². The molecule has 1 nitrogen and oxygen atoms in total. The molecular formula is C9H20O. The third kappa shape index (κ3) is 2.70. The van der Waals surface area contributed by atoms with E-state index in [1.54, 1.807) is 7.11 Å². The molecule has 0 aromatic rings. The van der Waals surface area contributed by atoms with E-state index in [0.717, 1.165) is 0 Å². The molecular weight excluding hydrogens is 124 g/mol. The van der Waals surface area contributed by atoms with Gasteiger partial charge in [-0.25, -0.2) is 0 Å². The molecule has 0 unspecified atom stereocenters. The fourth-order valence-corrected chi connectivity index (χ4v) is 0.908. The predicted molar refractivity (Wildman–Crippen MR) is 45.1 cm³/mol. The third-order valence-corrected chi connectivity index (χ3v) is 2.44. The Morgan fingerprint density at radius 3 is 1.60 bits per heavy atom. The molecule has 0 aliphatic heterocycles. The second-order valence-electron chi connectivity index (χ2n) is 4.10. The summed E-state index contributed by atoms with van der Waals surface area (Å²) in [6, 6.07) is 0. The first kappa shape index (κ1) is 9.96. The summed E-state index contributed by atoms with van der Waals surface area (Å²) in [6.07, 6.45) is 0.361. The molecule has 0 aliphatic rings. The normalized spacial score (nSPS) is 18.6. The van der Waals surface area contributed by atoms with Gasteiger partial charge in [0.05, 0.1) is 6.10 Å². The lowest BCUT2D eigenvalue weighted by Gasteiger charge is -2.31. The van der Waals surface area contributed by atoms with Crippen LogP contribution in [0, 0.1) is 11.3 Å². The smallest absolute Gasteiger partial charge is 0.0573 e. The zero-order chi connectivity index (χ0) is 8.36. The molecule has 0 aromatic heterocycles. The molecule has 0 amide bonds. The molecule has 0 saturated carbocycles. The highest BCUT2D eigenvalue weighted by Gasteiger charge is 2.24. The summed E-state index contributed by atoms with van der Waals surface area (Å²) in [7, 11) is 1.77. The highest BCUT2D eigenvalue weighted by molar-refractivity contribution is 4.74. The van der Waals surface area contributed by atoms with Crippen LogP contribution in [-0.4, -0.2) is 13.2 Å². The molecule has 10 heavy (non-hydrogen) atoms. The van der Waals surface area contributed by atoms with Crippen molar-refractivity contribution in [2.45, 2.75) is 40.7 Å². The molecule has 0 fully saturated rings. The second kappa shape index (κ2) is 3.38. The molecule has 0 heterocycles. The first-order valence-corrected chi connectivity index (χ1v) is 3.92. The monoisotopic (exact) mass is 144 g/mol. The van der Waals surface area contributed by atoms with Gasteiger partial charge in [-0.15, -0.1) is 0 Å². The highest BCUT2D eigenvalue weighted by Crippen LogP contribution is 2.28. The molecule has 0 bridgehead atoms. The van der Waals surface area contributed by atoms with Crippen molar-refractivity contribution in [3.8, 4) is 0 Å². The van der Waals surface area contributed by atoms with Crippen LogP contribution in [0.1, 0.15) is 34.6 Å². The average Bonchev–Trinajstić information content (AvgIpc) is 1.83. The first-order chi connectivity index (χ1) is 4.39. The molecule has 0 saturated heterocycles. The van der Waals surface area contributed by atoms with Crippen molar-refractivity contribution in [3.63, 3.8) is 0 Å². The SMILES string of the molecule is CO[C@H](C)[C@@H](C)C(C)(C)C. The Morgan fingerprint density at radius 1 is 1.10 bits per heavy atom. The van der Waals surface area contributed by atoms with Gasteiger partial charge in [0.15, 0.2) is 0 Å². The van der Waals surface area contributed by atoms with Crippen LogP contribution in [0.5, 0.6) is 0 Å². The summed E-state index contributed by atoms with van der Waals surface area (Å²) in [4.78, 5) is 0. The van der Waals surface area contributed by atoms with Gasteiger partial charge in [-0.1, -0.05) is 27.7 Å². The summed E-state index contributed by atoms with van der Waals surface area (Å²) in [5, 5.41) is 0. The zero-order valence-corrected chi connectivity index (χ0v) is 8.06. The largest absolute Gasteiger partial charge is 0.381 e. The van der Waals surface area contributed by atoms with E-state index in [9.17, 15) is 0 Å². The quantitative estimate of drug-likeness (QED) is 0.579. The minimum absolute atomic E-state index is 0.357. The summed E-state index contributed by atoms with van der Waals surface area (Å²) in [6.45, 7) is 11.1. The van der Waals surface area contributed by atoms with Crippen molar-refractivity contribution in [3.05, 3.63) is 0 Å². The Bertz CT molecular complexity index is 91.4. The van der Waals surface area contributed by atoms with Crippen LogP contribution in [0.25, 0.3) is 0 Å². The van der Waals surface area contributed by atoms with Gasteiger partial charge in [0.2, 0.25) is 0 Å². The standard InChI is InChI=1S/C9H20O/c1-7(8(2)10-6)9(3,4)5/h7-8H,1-6H3/t7-,8-/m1/s1. The number of ether oxygens (including phenoxy) is 1. The van der Waals surface area contributed by atoms with Gasteiger partial charge in [-0.3, -0.25) is 0 Å². The Morgan fingerprint density at radius 2 is 1.50 bits per heavy atom. The summed E-state index contributed by atoms with van der Waals surface area (Å²) in [5.41, 5.74) is 0.357. The summed E-state index contributed by atoms with van der Waals surface area (Å²) >= 11 is 0. The van der Waals surface area contributed by atoms with Crippen LogP contribution in [0.2, 0.25) is 0 Å². The Labute approximate surface area is 64.8 Å². The molecule has 0 aromatic carbocycles. The van der Waals surface area contributed by atoms with Crippen molar-refractivity contribution in [2.24, 2.45) is 11.3 Å². The molecule has 62 valence electrons. The van der Waals surface area contributed by atoms with Crippen molar-refractivity contribution in [1.29, 1.82) is 0 Å². The van der Waals surface area contributed by atoms with Crippen LogP contribution in [-0.2, 0) is 4.74 Å². The summed E-state index contributed by atoms with van der Waals surface area (Å²) in [5.74, 6) is 0.609. The fourth-order valence-electron chi connectivity index (χ4n) is 0.908. The van der Waals surface area contributed by atoms with Crippen LogP contribution in [0.3, 0.4) is 0 Å². The van der Waals surface area contributed by atoms with Crippen molar-refractivity contribution in [1.82, 2.24) is 0 Å². The lowest BCUT2D eigenvalue weighted by molar-refractivity contribution is 0.0271. The van der Waals surface area contributed by atoms with Gasteiger partial charge in [-0.05, 0) is 18.3 Å². The lowest BCUT2D eigenvalue weighted by atomic mass is 9.79. The third-order valence-electron chi connectivity index (χ3n) is 2.44. The lowest BCUT2D eigenvalue weighted by Crippen LogP contribution is -2.28. The van der Waals surface area contributed by atoms with Gasteiger partial charge in [0.1, 0.15) is 0 Å². The Kier molecular flexibility index (Phi) is 3.37. The van der Waals surface area contributed by atoms with E-state index < -0.39 is 0 Å². The number of hydrogen-bond acceptors (Lipinski definition) is 1. The molecule has 0 aliphatic carbocycles. The van der Waals surface area contributed by atoms with Crippen LogP contribution in [0.15, 0.2) is 0 Å². The fraction of sp³-hybridized carbons (Fsp3) is 1.00. The summed E-state index contributed by atoms with van der Waals surface area (Å²) < 4.78 is 5.24. The van der Waals surface area contributed by atoms with E-state index in [-0.39, 0.29) is 0 Å². The van der Waals surface area contributed by atoms with E-state index in [4.69, 9.17) is 4.74 Å². The minimum atomic E-state index is 0.357. The maximum absolute atomic E-state index is 5.24. The van der Waals surface area contributed by atoms with Gasteiger partial charge in [0, 0.05) is 7.11 Å². The van der Waals surface area contributed by atoms with Gasteiger partial charge in [-0.2, -0.15) is 0 Å². The first-order valence-electron chi connectivity index (χ1n) is 3.92. The molecule has 0 spiro atoms. The van der Waals surface area contributed by atoms with Gasteiger partial charge in [0.25, 0.3) is 0 Å². The maximum atomic E-state index is 5.24. The average molecular weight is 144 g/mol. The van der Waals surface area contributed by atoms with Crippen molar-refractivity contribution in [2.75, 3.05) is 7.11 Å². The van der Waals surface area contributed by atoms with E-state index in [1.165, 1.54) is 0 Å². The molecule has 2 atom stereocenters. The van der Waals surface area contributed by atoms with E-state index in [1.807, 2.05) is 0 Å². The zero-order valence-electron chi connectivity index (χ0n) is 8.06. The molecule has 0 radical (unpaired) electrons. The van der Waals surface area contributed by atoms with Crippen molar-refractivity contribution < 1.29 is 4.74 Å². The van der Waals surface area contributed by atoms with Gasteiger partial charge < -0.3 is 4.74 Å². The molecule has 0 N–H and O–H groups in total. The van der Waals surface area contributed by atoms with E-state index >= 15 is 0 Å². The minimum Gasteiger partial charge on any atom is -0.381 e. The maximum Gasteiger partial charge on any atom is 0.0573 e. The Hall–Kier alpha value is -0.0400. The number of methoxy groups -OCH3 is 1. The molecule has 0 rings (SSSR count). The second-order valence-corrected chi connectivity index (χ2v) is 4.10. The van der Waals surface area contributed by atoms with Crippen LogP contribution in [0.4, 0.5) is 0 Å². The number of rotatable bonds is 2. The van der Waals surface area contributed by atoms with E-state index in [0.29, 0.717) is 17.4 Å². The van der Waals surface area contributed by atoms with Gasteiger partial charge >= 0.3 is 0 Å². The highest BCUT2D eigenvalue weighted by atomic mass is 16.5. The molecule has 1 heteroatoms. The predicted octanol–water partition coefficient (Wildman–Crippen LogP) is 2.70. The topological polar surface area (TPSA) is 9.23 Å².